The predicted molar refractivity (Wildman–Crippen MR) is 147 cm³/mol. The second-order valence-corrected chi connectivity index (χ2v) is 12.0. The lowest BCUT2D eigenvalue weighted by molar-refractivity contribution is -0.210. The van der Waals surface area contributed by atoms with Crippen molar-refractivity contribution in [1.82, 2.24) is 4.98 Å². The van der Waals surface area contributed by atoms with Crippen LogP contribution < -0.4 is 15.2 Å². The van der Waals surface area contributed by atoms with Crippen LogP contribution in [0.5, 0.6) is 5.75 Å². The first-order valence-electron chi connectivity index (χ1n) is 13.5. The Morgan fingerprint density at radius 3 is 2.24 bits per heavy atom. The number of fused-ring (bicyclic) bond motifs is 1. The van der Waals surface area contributed by atoms with E-state index < -0.39 is 0 Å². The van der Waals surface area contributed by atoms with Gasteiger partial charge in [-0.3, -0.25) is 0 Å². The molecule has 2 N–H and O–H groups in total. The summed E-state index contributed by atoms with van der Waals surface area (Å²) in [7, 11) is 0. The largest absolute Gasteiger partial charge is 0.491 e. The van der Waals surface area contributed by atoms with Gasteiger partial charge in [0.1, 0.15) is 0 Å². The van der Waals surface area contributed by atoms with Crippen LogP contribution in [-0.4, -0.2) is 24.7 Å². The fourth-order valence-electron chi connectivity index (χ4n) is 4.56. The zero-order valence-corrected chi connectivity index (χ0v) is 23.5. The van der Waals surface area contributed by atoms with Gasteiger partial charge in [0.2, 0.25) is 0 Å². The second kappa shape index (κ2) is 14.7. The van der Waals surface area contributed by atoms with Crippen LogP contribution in [0.25, 0.3) is 10.2 Å². The number of hydrogen-bond acceptors (Lipinski definition) is 5. The number of nitrogens with two attached hydrogens (primary N) is 1. The van der Waals surface area contributed by atoms with Gasteiger partial charge in [0.05, 0.1) is 16.8 Å². The average Bonchev–Trinajstić information content (AvgIpc) is 3.18. The highest BCUT2D eigenvalue weighted by molar-refractivity contribution is 7.22. The standard InChI is InChI=1S/C28H48N4OS/c1-7-9-11-13-16-32(17-14-12-10-8-2)27-30-24-19-25(23(31-29)20-26(24)34-27)33-18-15-22(3)21-28(4,5)6/h19-20,22,29H,7-18,21H2,1-6H3/p+1. The van der Waals surface area contributed by atoms with Crippen LogP contribution in [0.15, 0.2) is 17.2 Å². The highest BCUT2D eigenvalue weighted by atomic mass is 32.1. The highest BCUT2D eigenvalue weighted by Crippen LogP contribution is 2.38. The second-order valence-electron chi connectivity index (χ2n) is 11.0. The van der Waals surface area contributed by atoms with Crippen molar-refractivity contribution >= 4 is 32.4 Å². The molecule has 34 heavy (non-hydrogen) atoms. The fraction of sp³-hybridized carbons (Fsp3) is 0.750. The van der Waals surface area contributed by atoms with E-state index in [4.69, 9.17) is 15.3 Å². The van der Waals surface area contributed by atoms with Gasteiger partial charge in [-0.1, -0.05) is 91.4 Å². The van der Waals surface area contributed by atoms with Gasteiger partial charge in [-0.15, -0.1) is 0 Å². The van der Waals surface area contributed by atoms with Gasteiger partial charge in [0, 0.05) is 19.2 Å². The van der Waals surface area contributed by atoms with Crippen molar-refractivity contribution in [2.75, 3.05) is 24.6 Å². The summed E-state index contributed by atoms with van der Waals surface area (Å²) in [5, 5.41) is 5.13. The van der Waals surface area contributed by atoms with Crippen molar-refractivity contribution < 1.29 is 10.3 Å². The van der Waals surface area contributed by atoms with Gasteiger partial charge < -0.3 is 9.64 Å². The molecule has 1 aromatic carbocycles. The summed E-state index contributed by atoms with van der Waals surface area (Å²) in [6.07, 6.45) is 12.4. The number of unbranched alkanes of at least 4 members (excludes halogenated alkanes) is 6. The molecule has 0 spiro atoms. The fourth-order valence-corrected chi connectivity index (χ4v) is 5.60. The van der Waals surface area contributed by atoms with Crippen LogP contribution in [-0.2, 0) is 0 Å². The maximum atomic E-state index is 6.15. The number of nitrogens with zero attached hydrogens (tertiary/aromatic N) is 3. The topological polar surface area (TPSA) is 63.3 Å². The number of hydrogen-bond donors (Lipinski definition) is 1. The van der Waals surface area contributed by atoms with Crippen LogP contribution in [0.2, 0.25) is 0 Å². The Bertz CT molecular complexity index is 846. The average molecular weight is 490 g/mol. The van der Waals surface area contributed by atoms with E-state index in [1.165, 1.54) is 57.8 Å². The monoisotopic (exact) mass is 489 g/mol. The number of anilines is 1. The molecule has 2 rings (SSSR count). The minimum absolute atomic E-state index is 0.339. The molecule has 5 nitrogen and oxygen atoms in total. The lowest BCUT2D eigenvalue weighted by Gasteiger charge is -2.23. The smallest absolute Gasteiger partial charge is 0.186 e. The molecule has 1 atom stereocenters. The third kappa shape index (κ3) is 9.89. The highest BCUT2D eigenvalue weighted by Gasteiger charge is 2.18. The van der Waals surface area contributed by atoms with Crippen molar-refractivity contribution in [2.45, 2.75) is 106 Å². The van der Waals surface area contributed by atoms with E-state index in [9.17, 15) is 0 Å². The van der Waals surface area contributed by atoms with Gasteiger partial charge in [0.15, 0.2) is 16.6 Å². The Morgan fingerprint density at radius 1 is 1.03 bits per heavy atom. The summed E-state index contributed by atoms with van der Waals surface area (Å²) >= 11 is 1.75. The molecule has 192 valence electrons. The molecule has 0 fully saturated rings. The molecule has 2 aromatic rings. The summed E-state index contributed by atoms with van der Waals surface area (Å²) in [5.74, 6) is 1.36. The van der Waals surface area contributed by atoms with Crippen molar-refractivity contribution in [3.8, 4) is 5.75 Å². The molecular weight excluding hydrogens is 440 g/mol. The first-order valence-corrected chi connectivity index (χ1v) is 14.3. The zero-order chi connectivity index (χ0) is 25.0. The molecule has 1 unspecified atom stereocenters. The lowest BCUT2D eigenvalue weighted by atomic mass is 9.84. The van der Waals surface area contributed by atoms with E-state index in [2.05, 4.69) is 51.6 Å². The van der Waals surface area contributed by atoms with Crippen molar-refractivity contribution in [3.63, 3.8) is 0 Å². The summed E-state index contributed by atoms with van der Waals surface area (Å²) < 4.78 is 7.28. The number of aromatic nitrogens is 1. The third-order valence-corrected chi connectivity index (χ3v) is 7.34. The summed E-state index contributed by atoms with van der Waals surface area (Å²) in [4.78, 5) is 7.51. The van der Waals surface area contributed by atoms with Gasteiger partial charge in [-0.25, -0.2) is 4.98 Å². The van der Waals surface area contributed by atoms with E-state index in [0.717, 1.165) is 40.6 Å². The number of ether oxygens (including phenoxy) is 1. The Morgan fingerprint density at radius 2 is 1.68 bits per heavy atom. The maximum absolute atomic E-state index is 6.15. The summed E-state index contributed by atoms with van der Waals surface area (Å²) in [6, 6.07) is 4.07. The first kappa shape index (κ1) is 28.5. The summed E-state index contributed by atoms with van der Waals surface area (Å²) in [5.41, 5.74) is 7.76. The molecule has 0 saturated carbocycles. The molecule has 0 aliphatic heterocycles. The molecule has 0 aliphatic rings. The van der Waals surface area contributed by atoms with E-state index >= 15 is 0 Å². The molecule has 0 bridgehead atoms. The Balaban J connectivity index is 2.11. The third-order valence-electron chi connectivity index (χ3n) is 6.26. The first-order chi connectivity index (χ1) is 16.3. The van der Waals surface area contributed by atoms with Gasteiger partial charge in [0.25, 0.3) is 0 Å². The van der Waals surface area contributed by atoms with Crippen LogP contribution in [0.1, 0.15) is 106 Å². The predicted octanol–water partition coefficient (Wildman–Crippen LogP) is 7.95. The van der Waals surface area contributed by atoms with Crippen molar-refractivity contribution in [3.05, 3.63) is 12.1 Å². The Hall–Kier alpha value is -1.69. The minimum atomic E-state index is 0.339. The molecule has 1 heterocycles. The van der Waals surface area contributed by atoms with Crippen molar-refractivity contribution in [1.29, 1.82) is 0 Å². The summed E-state index contributed by atoms with van der Waals surface area (Å²) in [6.45, 7) is 16.5. The maximum Gasteiger partial charge on any atom is 0.186 e. The molecule has 0 radical (unpaired) electrons. The minimum Gasteiger partial charge on any atom is -0.491 e. The Kier molecular flexibility index (Phi) is 12.3. The van der Waals surface area contributed by atoms with Gasteiger partial charge in [-0.2, -0.15) is 5.53 Å². The zero-order valence-electron chi connectivity index (χ0n) is 22.7. The Labute approximate surface area is 212 Å². The van der Waals surface area contributed by atoms with E-state index in [1.807, 2.05) is 12.1 Å². The molecule has 0 amide bonds. The lowest BCUT2D eigenvalue weighted by Crippen LogP contribution is -2.25. The molecule has 1 aromatic heterocycles. The number of thiazole rings is 1. The molecule has 0 saturated heterocycles. The number of rotatable bonds is 17. The molecule has 6 heteroatoms. The van der Waals surface area contributed by atoms with Crippen molar-refractivity contribution in [2.24, 2.45) is 16.4 Å². The van der Waals surface area contributed by atoms with E-state index in [-0.39, 0.29) is 0 Å². The van der Waals surface area contributed by atoms with E-state index in [0.29, 0.717) is 23.6 Å². The normalized spacial score (nSPS) is 12.8. The van der Waals surface area contributed by atoms with Crippen LogP contribution in [0.4, 0.5) is 10.8 Å². The van der Waals surface area contributed by atoms with Crippen LogP contribution >= 0.6 is 11.3 Å². The SMILES string of the molecule is CCCCCCN(CCCCCC)c1nc2cc(OCCC(C)CC(C)(C)C)c(N=[NH2+])cc2s1. The molecule has 0 aliphatic carbocycles. The van der Waals surface area contributed by atoms with Crippen LogP contribution in [0.3, 0.4) is 0 Å². The van der Waals surface area contributed by atoms with Crippen LogP contribution in [0, 0.1) is 11.3 Å². The van der Waals surface area contributed by atoms with E-state index in [1.54, 1.807) is 11.3 Å². The quantitative estimate of drug-likeness (QED) is 0.181. The van der Waals surface area contributed by atoms with Gasteiger partial charge in [-0.05, 0) is 48.2 Å². The van der Waals surface area contributed by atoms with Gasteiger partial charge >= 0.3 is 0 Å². The number of benzene rings is 1. The molecular formula is C28H49N4OS+.